The van der Waals surface area contributed by atoms with Gasteiger partial charge in [-0.05, 0) is 18.3 Å². The highest BCUT2D eigenvalue weighted by Gasteiger charge is 2.44. The lowest BCUT2D eigenvalue weighted by Crippen LogP contribution is -2.33. The fourth-order valence-corrected chi connectivity index (χ4v) is 1.33. The average Bonchev–Trinajstić information content (AvgIpc) is 2.78. The van der Waals surface area contributed by atoms with Crippen LogP contribution < -0.4 is 17.2 Å². The topological polar surface area (TPSA) is 128 Å². The van der Waals surface area contributed by atoms with Crippen molar-refractivity contribution in [3.05, 3.63) is 0 Å². The fraction of sp³-hybridized carbons (Fsp3) is 0.714. The maximum Gasteiger partial charge on any atom is 0.320 e. The molecule has 0 aromatic rings. The zero-order chi connectivity index (χ0) is 10.0. The molecule has 0 aromatic heterocycles. The standard InChI is InChI=1S/C7H14N4O2/c8-5(6(12)13)4-1-3(4)2-11-7(9)10/h3-5H,1-2,8H2,(H,12,13)(H4,9,10,11)/t3-,4+,5+/m0/s1. The monoisotopic (exact) mass is 186 g/mol. The van der Waals surface area contributed by atoms with Gasteiger partial charge in [-0.15, -0.1) is 0 Å². The molecule has 0 unspecified atom stereocenters. The van der Waals surface area contributed by atoms with Crippen LogP contribution in [0, 0.1) is 11.8 Å². The highest BCUT2D eigenvalue weighted by Crippen LogP contribution is 2.40. The van der Waals surface area contributed by atoms with E-state index in [1.807, 2.05) is 0 Å². The minimum atomic E-state index is -0.961. The predicted molar refractivity (Wildman–Crippen MR) is 47.9 cm³/mol. The second kappa shape index (κ2) is 3.61. The Hall–Kier alpha value is -1.30. The van der Waals surface area contributed by atoms with Crippen molar-refractivity contribution in [1.29, 1.82) is 0 Å². The van der Waals surface area contributed by atoms with Gasteiger partial charge < -0.3 is 22.3 Å². The minimum Gasteiger partial charge on any atom is -0.480 e. The summed E-state index contributed by atoms with van der Waals surface area (Å²) in [5, 5.41) is 8.58. The third-order valence-corrected chi connectivity index (χ3v) is 2.23. The molecule has 6 nitrogen and oxygen atoms in total. The van der Waals surface area contributed by atoms with Gasteiger partial charge in [-0.3, -0.25) is 9.79 Å². The Morgan fingerprint density at radius 3 is 2.69 bits per heavy atom. The Morgan fingerprint density at radius 1 is 1.62 bits per heavy atom. The molecule has 6 heteroatoms. The molecule has 1 aliphatic rings. The number of hydrogen-bond acceptors (Lipinski definition) is 3. The smallest absolute Gasteiger partial charge is 0.320 e. The van der Waals surface area contributed by atoms with E-state index in [9.17, 15) is 4.79 Å². The number of nitrogens with zero attached hydrogens (tertiary/aromatic N) is 1. The van der Waals surface area contributed by atoms with Gasteiger partial charge in [0.05, 0.1) is 0 Å². The van der Waals surface area contributed by atoms with Crippen LogP contribution >= 0.6 is 0 Å². The van der Waals surface area contributed by atoms with E-state index < -0.39 is 12.0 Å². The lowest BCUT2D eigenvalue weighted by atomic mass is 10.1. The Balaban J connectivity index is 2.30. The van der Waals surface area contributed by atoms with E-state index in [0.717, 1.165) is 6.42 Å². The summed E-state index contributed by atoms with van der Waals surface area (Å²) >= 11 is 0. The number of carboxylic acids is 1. The molecule has 3 atom stereocenters. The highest BCUT2D eigenvalue weighted by atomic mass is 16.4. The second-order valence-electron chi connectivity index (χ2n) is 3.29. The van der Waals surface area contributed by atoms with Gasteiger partial charge in [0, 0.05) is 6.54 Å². The summed E-state index contributed by atoms with van der Waals surface area (Å²) in [6.07, 6.45) is 0.796. The number of rotatable bonds is 4. The molecule has 0 amide bonds. The molecule has 0 saturated heterocycles. The van der Waals surface area contributed by atoms with Gasteiger partial charge >= 0.3 is 5.97 Å². The molecule has 1 saturated carbocycles. The van der Waals surface area contributed by atoms with Crippen molar-refractivity contribution in [3.63, 3.8) is 0 Å². The Labute approximate surface area is 75.8 Å². The minimum absolute atomic E-state index is 0.0283. The number of carbonyl (C=O) groups is 1. The van der Waals surface area contributed by atoms with E-state index in [1.54, 1.807) is 0 Å². The summed E-state index contributed by atoms with van der Waals surface area (Å²) in [4.78, 5) is 14.3. The molecule has 74 valence electrons. The zero-order valence-corrected chi connectivity index (χ0v) is 7.18. The van der Waals surface area contributed by atoms with Crippen molar-refractivity contribution in [2.75, 3.05) is 6.54 Å². The molecule has 0 spiro atoms. The van der Waals surface area contributed by atoms with E-state index in [2.05, 4.69) is 4.99 Å². The lowest BCUT2D eigenvalue weighted by molar-refractivity contribution is -0.139. The summed E-state index contributed by atoms with van der Waals surface area (Å²) in [5.41, 5.74) is 15.7. The van der Waals surface area contributed by atoms with Gasteiger partial charge in [-0.25, -0.2) is 0 Å². The van der Waals surface area contributed by atoms with Crippen molar-refractivity contribution in [3.8, 4) is 0 Å². The van der Waals surface area contributed by atoms with Crippen LogP contribution in [0.3, 0.4) is 0 Å². The van der Waals surface area contributed by atoms with Crippen LogP contribution in [0.15, 0.2) is 4.99 Å². The van der Waals surface area contributed by atoms with Crippen LogP contribution in [0.25, 0.3) is 0 Å². The molecule has 0 aliphatic heterocycles. The van der Waals surface area contributed by atoms with Crippen LogP contribution in [-0.2, 0) is 4.79 Å². The maximum absolute atomic E-state index is 10.5. The average molecular weight is 186 g/mol. The normalized spacial score (nSPS) is 27.8. The van der Waals surface area contributed by atoms with Gasteiger partial charge in [-0.1, -0.05) is 0 Å². The number of aliphatic carboxylic acids is 1. The third kappa shape index (κ3) is 2.59. The molecular weight excluding hydrogens is 172 g/mol. The maximum atomic E-state index is 10.5. The number of aliphatic imine (C=N–C) groups is 1. The van der Waals surface area contributed by atoms with Crippen LogP contribution in [-0.4, -0.2) is 29.6 Å². The predicted octanol–water partition coefficient (Wildman–Crippen LogP) is -1.69. The van der Waals surface area contributed by atoms with E-state index >= 15 is 0 Å². The Kier molecular flexibility index (Phi) is 2.72. The van der Waals surface area contributed by atoms with E-state index in [1.165, 1.54) is 0 Å². The van der Waals surface area contributed by atoms with Crippen LogP contribution in [0.1, 0.15) is 6.42 Å². The van der Waals surface area contributed by atoms with Gasteiger partial charge in [0.25, 0.3) is 0 Å². The molecule has 1 fully saturated rings. The van der Waals surface area contributed by atoms with Crippen molar-refractivity contribution in [1.82, 2.24) is 0 Å². The van der Waals surface area contributed by atoms with Gasteiger partial charge in [0.1, 0.15) is 6.04 Å². The van der Waals surface area contributed by atoms with Gasteiger partial charge in [0.2, 0.25) is 0 Å². The Morgan fingerprint density at radius 2 is 2.23 bits per heavy atom. The molecule has 1 rings (SSSR count). The first-order chi connectivity index (χ1) is 6.02. The molecule has 0 aromatic carbocycles. The quantitative estimate of drug-likeness (QED) is 0.307. The first-order valence-electron chi connectivity index (χ1n) is 4.06. The molecule has 1 aliphatic carbocycles. The largest absolute Gasteiger partial charge is 0.480 e. The molecular formula is C7H14N4O2. The highest BCUT2D eigenvalue weighted by molar-refractivity contribution is 5.76. The first-order valence-corrected chi connectivity index (χ1v) is 4.06. The SMILES string of the molecule is NC(N)=NC[C@@H]1C[C@H]1[C@@H](N)C(=O)O. The van der Waals surface area contributed by atoms with E-state index in [4.69, 9.17) is 22.3 Å². The Bertz CT molecular complexity index is 237. The summed E-state index contributed by atoms with van der Waals surface area (Å²) in [7, 11) is 0. The molecule has 7 N–H and O–H groups in total. The van der Waals surface area contributed by atoms with Crippen molar-refractivity contribution < 1.29 is 9.90 Å². The van der Waals surface area contributed by atoms with Gasteiger partial charge in [-0.2, -0.15) is 0 Å². The number of nitrogens with two attached hydrogens (primary N) is 3. The number of guanidine groups is 1. The summed E-state index contributed by atoms with van der Waals surface area (Å²) < 4.78 is 0. The summed E-state index contributed by atoms with van der Waals surface area (Å²) in [6.45, 7) is 0.480. The van der Waals surface area contributed by atoms with Crippen LogP contribution in [0.4, 0.5) is 0 Å². The molecule has 0 bridgehead atoms. The number of hydrogen-bond donors (Lipinski definition) is 4. The fourth-order valence-electron chi connectivity index (χ4n) is 1.33. The first kappa shape index (κ1) is 9.79. The summed E-state index contributed by atoms with van der Waals surface area (Å²) in [5.74, 6) is -0.666. The molecule has 13 heavy (non-hydrogen) atoms. The van der Waals surface area contributed by atoms with Crippen LogP contribution in [0.2, 0.25) is 0 Å². The van der Waals surface area contributed by atoms with E-state index in [0.29, 0.717) is 6.54 Å². The van der Waals surface area contributed by atoms with E-state index in [-0.39, 0.29) is 17.8 Å². The molecule has 0 radical (unpaired) electrons. The van der Waals surface area contributed by atoms with Gasteiger partial charge in [0.15, 0.2) is 5.96 Å². The van der Waals surface area contributed by atoms with Crippen LogP contribution in [0.5, 0.6) is 0 Å². The third-order valence-electron chi connectivity index (χ3n) is 2.23. The second-order valence-corrected chi connectivity index (χ2v) is 3.29. The molecule has 0 heterocycles. The summed E-state index contributed by atoms with van der Waals surface area (Å²) in [6, 6.07) is -0.779. The zero-order valence-electron chi connectivity index (χ0n) is 7.18. The van der Waals surface area contributed by atoms with Crippen molar-refractivity contribution >= 4 is 11.9 Å². The van der Waals surface area contributed by atoms with Crippen molar-refractivity contribution in [2.24, 2.45) is 34.0 Å². The number of carboxylic acid groups (broad SMARTS) is 1. The van der Waals surface area contributed by atoms with Crippen molar-refractivity contribution in [2.45, 2.75) is 12.5 Å². The lowest BCUT2D eigenvalue weighted by Gasteiger charge is -2.03.